The van der Waals surface area contributed by atoms with Gasteiger partial charge in [-0.15, -0.1) is 11.3 Å². The molecule has 0 N–H and O–H groups in total. The number of aromatic nitrogens is 3. The molecule has 0 aliphatic heterocycles. The lowest BCUT2D eigenvalue weighted by Crippen LogP contribution is -2.04. The van der Waals surface area contributed by atoms with E-state index in [2.05, 4.69) is 15.1 Å². The summed E-state index contributed by atoms with van der Waals surface area (Å²) in [6.45, 7) is 1.66. The quantitative estimate of drug-likeness (QED) is 0.690. The third-order valence-electron chi connectivity index (χ3n) is 2.38. The Morgan fingerprint density at radius 2 is 2.40 bits per heavy atom. The highest BCUT2D eigenvalue weighted by Gasteiger charge is 2.14. The second-order valence-electron chi connectivity index (χ2n) is 3.85. The molecule has 0 amide bonds. The predicted octanol–water partition coefficient (Wildman–Crippen LogP) is 2.92. The van der Waals surface area contributed by atoms with E-state index in [9.17, 15) is 4.79 Å². The molecule has 102 valence electrons. The van der Waals surface area contributed by atoms with Gasteiger partial charge in [0.05, 0.1) is 6.20 Å². The van der Waals surface area contributed by atoms with Crippen LogP contribution in [0.25, 0.3) is 10.6 Å². The van der Waals surface area contributed by atoms with Crippen LogP contribution in [0.15, 0.2) is 27.5 Å². The fraction of sp³-hybridized carbons (Fsp3) is 0.167. The van der Waals surface area contributed by atoms with Gasteiger partial charge in [-0.3, -0.25) is 0 Å². The van der Waals surface area contributed by atoms with Crippen molar-refractivity contribution in [1.82, 2.24) is 15.1 Å². The van der Waals surface area contributed by atoms with Crippen LogP contribution in [0.2, 0.25) is 0 Å². The van der Waals surface area contributed by atoms with Crippen LogP contribution >= 0.6 is 22.7 Å². The predicted molar refractivity (Wildman–Crippen MR) is 73.6 cm³/mol. The molecule has 0 bridgehead atoms. The summed E-state index contributed by atoms with van der Waals surface area (Å²) in [6, 6.07) is 1.96. The molecule has 20 heavy (non-hydrogen) atoms. The molecule has 0 fully saturated rings. The molecule has 0 aliphatic carbocycles. The van der Waals surface area contributed by atoms with E-state index < -0.39 is 5.97 Å². The van der Waals surface area contributed by atoms with Gasteiger partial charge in [-0.1, -0.05) is 5.16 Å². The fourth-order valence-corrected chi connectivity index (χ4v) is 3.01. The number of esters is 1. The average Bonchev–Trinajstić information content (AvgIpc) is 3.16. The maximum absolute atomic E-state index is 11.9. The van der Waals surface area contributed by atoms with E-state index in [4.69, 9.17) is 9.26 Å². The van der Waals surface area contributed by atoms with Crippen molar-refractivity contribution in [3.63, 3.8) is 0 Å². The van der Waals surface area contributed by atoms with Crippen LogP contribution in [0, 0.1) is 6.92 Å². The number of carbonyl (C=O) groups excluding carboxylic acids is 1. The third-order valence-corrected chi connectivity index (χ3v) is 4.09. The first-order chi connectivity index (χ1) is 9.72. The minimum Gasteiger partial charge on any atom is -0.453 e. The Kier molecular flexibility index (Phi) is 3.57. The molecule has 3 aromatic heterocycles. The Hall–Kier alpha value is -2.06. The Balaban J connectivity index is 1.65. The molecule has 3 aromatic rings. The summed E-state index contributed by atoms with van der Waals surface area (Å²) in [4.78, 5) is 20.5. The minimum atomic E-state index is -0.438. The van der Waals surface area contributed by atoms with Crippen LogP contribution in [-0.4, -0.2) is 21.1 Å². The van der Waals surface area contributed by atoms with Crippen LogP contribution in [0.5, 0.6) is 0 Å². The number of nitrogens with zero attached hydrogens (tertiary/aromatic N) is 3. The Labute approximate surface area is 122 Å². The number of hydrogen-bond donors (Lipinski definition) is 0. The number of thiophene rings is 1. The second kappa shape index (κ2) is 5.51. The third kappa shape index (κ3) is 2.75. The standard InChI is InChI=1S/C12H9N3O3S2/c1-7-14-10(15-18-7)5-17-12(16)9-4-13-11(20-9)8-2-3-19-6-8/h2-4,6H,5H2,1H3. The summed E-state index contributed by atoms with van der Waals surface area (Å²) < 4.78 is 9.90. The zero-order valence-electron chi connectivity index (χ0n) is 10.4. The van der Waals surface area contributed by atoms with E-state index in [1.54, 1.807) is 18.3 Å². The fourth-order valence-electron chi connectivity index (χ4n) is 1.49. The van der Waals surface area contributed by atoms with E-state index in [1.807, 2.05) is 16.8 Å². The summed E-state index contributed by atoms with van der Waals surface area (Å²) in [5, 5.41) is 8.40. The van der Waals surface area contributed by atoms with Crippen LogP contribution < -0.4 is 0 Å². The Morgan fingerprint density at radius 3 is 3.10 bits per heavy atom. The molecule has 6 nitrogen and oxygen atoms in total. The number of aryl methyl sites for hydroxylation is 1. The van der Waals surface area contributed by atoms with Crippen LogP contribution in [-0.2, 0) is 11.3 Å². The van der Waals surface area contributed by atoms with Gasteiger partial charge in [0.15, 0.2) is 6.61 Å². The van der Waals surface area contributed by atoms with Gasteiger partial charge in [-0.05, 0) is 11.4 Å². The summed E-state index contributed by atoms with van der Waals surface area (Å²) in [5.41, 5.74) is 1.01. The molecule has 0 saturated heterocycles. The van der Waals surface area contributed by atoms with E-state index in [0.717, 1.165) is 10.6 Å². The maximum Gasteiger partial charge on any atom is 0.350 e. The minimum absolute atomic E-state index is 0.0120. The number of rotatable bonds is 4. The van der Waals surface area contributed by atoms with Gasteiger partial charge in [-0.25, -0.2) is 9.78 Å². The largest absolute Gasteiger partial charge is 0.453 e. The van der Waals surface area contributed by atoms with Crippen molar-refractivity contribution < 1.29 is 14.1 Å². The molecular weight excluding hydrogens is 298 g/mol. The summed E-state index contributed by atoms with van der Waals surface area (Å²) in [5.74, 6) is 0.346. The number of thiazole rings is 1. The van der Waals surface area contributed by atoms with Gasteiger partial charge in [0.25, 0.3) is 0 Å². The lowest BCUT2D eigenvalue weighted by Gasteiger charge is -1.97. The van der Waals surface area contributed by atoms with Crippen molar-refractivity contribution in [1.29, 1.82) is 0 Å². The van der Waals surface area contributed by atoms with Crippen LogP contribution in [0.3, 0.4) is 0 Å². The Bertz CT molecular complexity index is 718. The highest BCUT2D eigenvalue weighted by atomic mass is 32.1. The normalized spacial score (nSPS) is 10.7. The topological polar surface area (TPSA) is 78.1 Å². The smallest absolute Gasteiger partial charge is 0.350 e. The summed E-state index contributed by atoms with van der Waals surface area (Å²) in [6.07, 6.45) is 1.52. The highest BCUT2D eigenvalue weighted by molar-refractivity contribution is 7.17. The second-order valence-corrected chi connectivity index (χ2v) is 5.66. The lowest BCUT2D eigenvalue weighted by atomic mass is 10.4. The van der Waals surface area contributed by atoms with Crippen LogP contribution in [0.4, 0.5) is 0 Å². The van der Waals surface area contributed by atoms with Crippen LogP contribution in [0.1, 0.15) is 21.4 Å². The summed E-state index contributed by atoms with van der Waals surface area (Å²) in [7, 11) is 0. The molecule has 0 radical (unpaired) electrons. The lowest BCUT2D eigenvalue weighted by molar-refractivity contribution is 0.0465. The Morgan fingerprint density at radius 1 is 1.50 bits per heavy atom. The molecule has 3 heterocycles. The molecule has 0 aromatic carbocycles. The van der Waals surface area contributed by atoms with Crippen molar-refractivity contribution in [2.45, 2.75) is 13.5 Å². The number of carbonyl (C=O) groups is 1. The molecule has 3 rings (SSSR count). The van der Waals surface area contributed by atoms with E-state index in [0.29, 0.717) is 16.6 Å². The zero-order chi connectivity index (χ0) is 13.9. The molecule has 8 heteroatoms. The monoisotopic (exact) mass is 307 g/mol. The average molecular weight is 307 g/mol. The van der Waals surface area contributed by atoms with Crippen molar-refractivity contribution in [2.75, 3.05) is 0 Å². The van der Waals surface area contributed by atoms with Gasteiger partial charge >= 0.3 is 5.97 Å². The first-order valence-corrected chi connectivity index (χ1v) is 7.43. The van der Waals surface area contributed by atoms with Crippen molar-refractivity contribution >= 4 is 28.6 Å². The van der Waals surface area contributed by atoms with Gasteiger partial charge in [-0.2, -0.15) is 16.3 Å². The van der Waals surface area contributed by atoms with E-state index in [-0.39, 0.29) is 6.61 Å². The van der Waals surface area contributed by atoms with Crippen molar-refractivity contribution in [3.8, 4) is 10.6 Å². The van der Waals surface area contributed by atoms with Gasteiger partial charge in [0.1, 0.15) is 9.88 Å². The molecule has 0 unspecified atom stereocenters. The van der Waals surface area contributed by atoms with Crippen molar-refractivity contribution in [2.24, 2.45) is 0 Å². The van der Waals surface area contributed by atoms with E-state index in [1.165, 1.54) is 17.5 Å². The number of hydrogen-bond acceptors (Lipinski definition) is 8. The molecular formula is C12H9N3O3S2. The van der Waals surface area contributed by atoms with E-state index >= 15 is 0 Å². The van der Waals surface area contributed by atoms with Gasteiger partial charge < -0.3 is 9.26 Å². The maximum atomic E-state index is 11.9. The van der Waals surface area contributed by atoms with Crippen molar-refractivity contribution in [3.05, 3.63) is 39.6 Å². The molecule has 0 spiro atoms. The van der Waals surface area contributed by atoms with Gasteiger partial charge in [0, 0.05) is 17.9 Å². The zero-order valence-corrected chi connectivity index (χ0v) is 12.0. The molecule has 0 aliphatic rings. The first-order valence-electron chi connectivity index (χ1n) is 5.67. The number of ether oxygens (including phenoxy) is 1. The highest BCUT2D eigenvalue weighted by Crippen LogP contribution is 2.27. The SMILES string of the molecule is Cc1nc(COC(=O)c2cnc(-c3ccsc3)s2)no1. The molecule has 0 atom stereocenters. The van der Waals surface area contributed by atoms with Gasteiger partial charge in [0.2, 0.25) is 11.7 Å². The molecule has 0 saturated carbocycles. The first kappa shape index (κ1) is 12.9. The summed E-state index contributed by atoms with van der Waals surface area (Å²) >= 11 is 2.88.